The highest BCUT2D eigenvalue weighted by Crippen LogP contribution is 2.21. The summed E-state index contributed by atoms with van der Waals surface area (Å²) in [6.45, 7) is 2.46. The number of fused-ring (bicyclic) bond motifs is 1. The van der Waals surface area contributed by atoms with E-state index >= 15 is 0 Å². The fraction of sp³-hybridized carbons (Fsp3) is 1.00. The largest absolute Gasteiger partial charge is 0.379 e. The van der Waals surface area contributed by atoms with Crippen molar-refractivity contribution in [3.05, 3.63) is 0 Å². The van der Waals surface area contributed by atoms with Crippen LogP contribution in [0.2, 0.25) is 0 Å². The van der Waals surface area contributed by atoms with Crippen molar-refractivity contribution in [3.8, 4) is 0 Å². The van der Waals surface area contributed by atoms with E-state index in [1.807, 2.05) is 0 Å². The van der Waals surface area contributed by atoms with Crippen LogP contribution < -0.4 is 0 Å². The number of nitrogens with zero attached hydrogens (tertiary/aromatic N) is 1. The molecule has 0 aliphatic carbocycles. The first-order valence-corrected chi connectivity index (χ1v) is 3.77. The third-order valence-electron chi connectivity index (χ3n) is 2.33. The van der Waals surface area contributed by atoms with Crippen LogP contribution in [0.4, 0.5) is 0 Å². The minimum absolute atomic E-state index is 0.346. The van der Waals surface area contributed by atoms with Crippen molar-refractivity contribution < 1.29 is 9.47 Å². The van der Waals surface area contributed by atoms with Gasteiger partial charge < -0.3 is 9.47 Å². The Morgan fingerprint density at radius 1 is 1.50 bits per heavy atom. The molecule has 0 saturated carbocycles. The summed E-state index contributed by atoms with van der Waals surface area (Å²) in [4.78, 5) is 2.26. The Kier molecular flexibility index (Phi) is 1.64. The maximum absolute atomic E-state index is 5.47. The summed E-state index contributed by atoms with van der Waals surface area (Å²) in [5.74, 6) is 0. The van der Waals surface area contributed by atoms with Crippen molar-refractivity contribution in [2.24, 2.45) is 0 Å². The lowest BCUT2D eigenvalue weighted by Gasteiger charge is -2.26. The summed E-state index contributed by atoms with van der Waals surface area (Å²) in [5, 5.41) is 0. The van der Waals surface area contributed by atoms with Crippen LogP contribution in [0.15, 0.2) is 0 Å². The number of hydrogen-bond acceptors (Lipinski definition) is 3. The summed E-state index contributed by atoms with van der Waals surface area (Å²) >= 11 is 0. The fourth-order valence-electron chi connectivity index (χ4n) is 1.67. The molecule has 0 radical (unpaired) electrons. The molecule has 0 N–H and O–H groups in total. The van der Waals surface area contributed by atoms with Gasteiger partial charge in [-0.25, -0.2) is 0 Å². The molecule has 2 heterocycles. The van der Waals surface area contributed by atoms with Crippen molar-refractivity contribution in [3.63, 3.8) is 0 Å². The SMILES string of the molecule is CN1COC2COCCC21. The number of likely N-dealkylation sites (N-methyl/N-ethyl adjacent to an activating group) is 1. The fourth-order valence-corrected chi connectivity index (χ4v) is 1.67. The molecule has 58 valence electrons. The van der Waals surface area contributed by atoms with Gasteiger partial charge in [-0.2, -0.15) is 0 Å². The first-order valence-electron chi connectivity index (χ1n) is 3.77. The van der Waals surface area contributed by atoms with Gasteiger partial charge in [-0.1, -0.05) is 0 Å². The van der Waals surface area contributed by atoms with Crippen molar-refractivity contribution in [1.29, 1.82) is 0 Å². The van der Waals surface area contributed by atoms with E-state index in [1.54, 1.807) is 0 Å². The molecule has 3 nitrogen and oxygen atoms in total. The molecular weight excluding hydrogens is 130 g/mol. The normalized spacial score (nSPS) is 41.7. The maximum Gasteiger partial charge on any atom is 0.0996 e. The Bertz CT molecular complexity index is 127. The predicted octanol–water partition coefficient (Wildman–Crippen LogP) is 0.0634. The van der Waals surface area contributed by atoms with Gasteiger partial charge in [-0.3, -0.25) is 4.90 Å². The topological polar surface area (TPSA) is 21.7 Å². The Labute approximate surface area is 60.9 Å². The summed E-state index contributed by atoms with van der Waals surface area (Å²) in [7, 11) is 2.11. The van der Waals surface area contributed by atoms with Crippen molar-refractivity contribution >= 4 is 0 Å². The van der Waals surface area contributed by atoms with Crippen LogP contribution in [0, 0.1) is 0 Å². The zero-order chi connectivity index (χ0) is 6.97. The summed E-state index contributed by atoms with van der Waals surface area (Å²) in [5.41, 5.74) is 0. The number of hydrogen-bond donors (Lipinski definition) is 0. The maximum atomic E-state index is 5.47. The Morgan fingerprint density at radius 3 is 3.20 bits per heavy atom. The van der Waals surface area contributed by atoms with Crippen molar-refractivity contribution in [2.45, 2.75) is 18.6 Å². The zero-order valence-corrected chi connectivity index (χ0v) is 6.25. The highest BCUT2D eigenvalue weighted by Gasteiger charge is 2.34. The molecule has 2 fully saturated rings. The van der Waals surface area contributed by atoms with Gasteiger partial charge >= 0.3 is 0 Å². The smallest absolute Gasteiger partial charge is 0.0996 e. The van der Waals surface area contributed by atoms with Crippen LogP contribution in [0.25, 0.3) is 0 Å². The molecule has 0 spiro atoms. The number of rotatable bonds is 0. The van der Waals surface area contributed by atoms with Gasteiger partial charge in [0.25, 0.3) is 0 Å². The van der Waals surface area contributed by atoms with Crippen LogP contribution in [-0.2, 0) is 9.47 Å². The van der Waals surface area contributed by atoms with Gasteiger partial charge in [0, 0.05) is 12.6 Å². The lowest BCUT2D eigenvalue weighted by Crippen LogP contribution is -2.39. The second kappa shape index (κ2) is 2.49. The summed E-state index contributed by atoms with van der Waals surface area (Å²) in [6, 6.07) is 0.619. The van der Waals surface area contributed by atoms with E-state index in [0.717, 1.165) is 26.4 Å². The molecule has 2 aliphatic rings. The Morgan fingerprint density at radius 2 is 2.40 bits per heavy atom. The average molecular weight is 143 g/mol. The lowest BCUT2D eigenvalue weighted by molar-refractivity contribution is -0.0190. The van der Waals surface area contributed by atoms with Gasteiger partial charge in [-0.15, -0.1) is 0 Å². The molecule has 0 aromatic heterocycles. The summed E-state index contributed by atoms with van der Waals surface area (Å²) in [6.07, 6.45) is 1.47. The van der Waals surface area contributed by atoms with Crippen LogP contribution in [0.5, 0.6) is 0 Å². The van der Waals surface area contributed by atoms with E-state index in [-0.39, 0.29) is 0 Å². The van der Waals surface area contributed by atoms with Gasteiger partial charge in [0.1, 0.15) is 0 Å². The van der Waals surface area contributed by atoms with E-state index in [0.29, 0.717) is 12.1 Å². The van der Waals surface area contributed by atoms with Crippen LogP contribution in [0.1, 0.15) is 6.42 Å². The van der Waals surface area contributed by atoms with Gasteiger partial charge in [0.05, 0.1) is 19.4 Å². The van der Waals surface area contributed by atoms with E-state index < -0.39 is 0 Å². The molecule has 2 atom stereocenters. The van der Waals surface area contributed by atoms with E-state index in [2.05, 4.69) is 11.9 Å². The first kappa shape index (κ1) is 6.58. The zero-order valence-electron chi connectivity index (χ0n) is 6.25. The monoisotopic (exact) mass is 143 g/mol. The quantitative estimate of drug-likeness (QED) is 0.478. The molecule has 2 aliphatic heterocycles. The van der Waals surface area contributed by atoms with Gasteiger partial charge in [-0.05, 0) is 13.5 Å². The molecule has 0 bridgehead atoms. The molecule has 2 unspecified atom stereocenters. The highest BCUT2D eigenvalue weighted by molar-refractivity contribution is 4.84. The van der Waals surface area contributed by atoms with Crippen molar-refractivity contribution in [2.75, 3.05) is 27.0 Å². The standard InChI is InChI=1S/C7H13NO2/c1-8-5-10-7-4-9-3-2-6(7)8/h6-7H,2-5H2,1H3. The van der Waals surface area contributed by atoms with Gasteiger partial charge in [0.2, 0.25) is 0 Å². The van der Waals surface area contributed by atoms with Crippen LogP contribution in [-0.4, -0.2) is 44.0 Å². The minimum atomic E-state index is 0.346. The molecule has 3 heteroatoms. The van der Waals surface area contributed by atoms with Crippen LogP contribution in [0.3, 0.4) is 0 Å². The van der Waals surface area contributed by atoms with Crippen LogP contribution >= 0.6 is 0 Å². The molecule has 0 aromatic rings. The first-order chi connectivity index (χ1) is 4.88. The van der Waals surface area contributed by atoms with Crippen molar-refractivity contribution in [1.82, 2.24) is 4.90 Å². The Balaban J connectivity index is 2.01. The minimum Gasteiger partial charge on any atom is -0.379 e. The number of ether oxygens (including phenoxy) is 2. The predicted molar refractivity (Wildman–Crippen MR) is 36.7 cm³/mol. The molecule has 2 rings (SSSR count). The third kappa shape index (κ3) is 0.944. The highest BCUT2D eigenvalue weighted by atomic mass is 16.6. The van der Waals surface area contributed by atoms with Gasteiger partial charge in [0.15, 0.2) is 0 Å². The molecule has 0 aromatic carbocycles. The molecule has 10 heavy (non-hydrogen) atoms. The molecule has 0 amide bonds. The van der Waals surface area contributed by atoms with E-state index in [9.17, 15) is 0 Å². The second-order valence-corrected chi connectivity index (χ2v) is 3.02. The molecular formula is C7H13NO2. The lowest BCUT2D eigenvalue weighted by atomic mass is 10.1. The second-order valence-electron chi connectivity index (χ2n) is 3.02. The summed E-state index contributed by atoms with van der Waals surface area (Å²) < 4.78 is 10.8. The molecule has 2 saturated heterocycles. The Hall–Kier alpha value is -0.120. The third-order valence-corrected chi connectivity index (χ3v) is 2.33. The van der Waals surface area contributed by atoms with E-state index in [1.165, 1.54) is 0 Å². The van der Waals surface area contributed by atoms with E-state index in [4.69, 9.17) is 9.47 Å². The average Bonchev–Trinajstić information content (AvgIpc) is 2.34.